The van der Waals surface area contributed by atoms with Crippen LogP contribution < -0.4 is 4.74 Å². The Morgan fingerprint density at radius 3 is 2.62 bits per heavy atom. The molecule has 122 valence electrons. The van der Waals surface area contributed by atoms with Gasteiger partial charge < -0.3 is 9.84 Å². The van der Waals surface area contributed by atoms with Crippen LogP contribution in [0.1, 0.15) is 16.7 Å². The molecule has 1 aromatic heterocycles. The second-order valence-electron chi connectivity index (χ2n) is 5.66. The molecule has 0 aliphatic rings. The molecule has 0 radical (unpaired) electrons. The highest BCUT2D eigenvalue weighted by Gasteiger charge is 2.11. The van der Waals surface area contributed by atoms with E-state index in [-0.39, 0.29) is 18.2 Å². The SMILES string of the molecule is Cc1ccc(F)c(-c2cc(C)c(OCc3cccc(O)c3)nn2)c1. The maximum absolute atomic E-state index is 14.0. The number of phenolic OH excluding ortho intramolecular Hbond substituents is 1. The normalized spacial score (nSPS) is 10.6. The van der Waals surface area contributed by atoms with Gasteiger partial charge in [0, 0.05) is 11.1 Å². The molecule has 0 saturated carbocycles. The van der Waals surface area contributed by atoms with Gasteiger partial charge in [-0.2, -0.15) is 0 Å². The van der Waals surface area contributed by atoms with Crippen molar-refractivity contribution in [3.63, 3.8) is 0 Å². The van der Waals surface area contributed by atoms with Crippen LogP contribution in [0.2, 0.25) is 0 Å². The molecule has 3 rings (SSSR count). The molecule has 0 bridgehead atoms. The van der Waals surface area contributed by atoms with E-state index < -0.39 is 0 Å². The molecule has 0 aliphatic carbocycles. The summed E-state index contributed by atoms with van der Waals surface area (Å²) in [6.45, 7) is 4.00. The number of phenols is 1. The van der Waals surface area contributed by atoms with Crippen LogP contribution in [0.15, 0.2) is 48.5 Å². The maximum Gasteiger partial charge on any atom is 0.236 e. The summed E-state index contributed by atoms with van der Waals surface area (Å²) in [5.41, 5.74) is 3.43. The number of nitrogens with zero attached hydrogens (tertiary/aromatic N) is 2. The van der Waals surface area contributed by atoms with Crippen molar-refractivity contribution in [2.75, 3.05) is 0 Å². The number of aryl methyl sites for hydroxylation is 2. The van der Waals surface area contributed by atoms with Gasteiger partial charge >= 0.3 is 0 Å². The van der Waals surface area contributed by atoms with E-state index in [0.29, 0.717) is 17.1 Å². The second-order valence-corrected chi connectivity index (χ2v) is 5.66. The quantitative estimate of drug-likeness (QED) is 0.782. The molecule has 1 N–H and O–H groups in total. The molecular weight excluding hydrogens is 307 g/mol. The summed E-state index contributed by atoms with van der Waals surface area (Å²) in [6.07, 6.45) is 0. The van der Waals surface area contributed by atoms with Crippen LogP contribution in [0.3, 0.4) is 0 Å². The van der Waals surface area contributed by atoms with E-state index in [2.05, 4.69) is 10.2 Å². The summed E-state index contributed by atoms with van der Waals surface area (Å²) >= 11 is 0. The summed E-state index contributed by atoms with van der Waals surface area (Å²) in [5, 5.41) is 17.6. The number of aromatic hydroxyl groups is 1. The zero-order valence-corrected chi connectivity index (χ0v) is 13.5. The number of ether oxygens (including phenoxy) is 1. The first kappa shape index (κ1) is 15.9. The van der Waals surface area contributed by atoms with Gasteiger partial charge in [0.15, 0.2) is 0 Å². The van der Waals surface area contributed by atoms with E-state index >= 15 is 0 Å². The average molecular weight is 324 g/mol. The second kappa shape index (κ2) is 6.66. The number of hydrogen-bond acceptors (Lipinski definition) is 4. The van der Waals surface area contributed by atoms with Gasteiger partial charge in [-0.05, 0) is 49.7 Å². The fourth-order valence-electron chi connectivity index (χ4n) is 2.38. The zero-order valence-electron chi connectivity index (χ0n) is 13.5. The zero-order chi connectivity index (χ0) is 17.1. The maximum atomic E-state index is 14.0. The lowest BCUT2D eigenvalue weighted by Crippen LogP contribution is -2.02. The van der Waals surface area contributed by atoms with Gasteiger partial charge in [-0.3, -0.25) is 0 Å². The third-order valence-electron chi connectivity index (χ3n) is 3.62. The van der Waals surface area contributed by atoms with Gasteiger partial charge in [0.25, 0.3) is 0 Å². The van der Waals surface area contributed by atoms with E-state index in [1.54, 1.807) is 36.4 Å². The smallest absolute Gasteiger partial charge is 0.236 e. The van der Waals surface area contributed by atoms with Crippen LogP contribution in [-0.4, -0.2) is 15.3 Å². The predicted molar refractivity (Wildman–Crippen MR) is 89.3 cm³/mol. The van der Waals surface area contributed by atoms with E-state index in [1.165, 1.54) is 6.07 Å². The van der Waals surface area contributed by atoms with Gasteiger partial charge in [-0.25, -0.2) is 4.39 Å². The number of halogens is 1. The molecule has 0 atom stereocenters. The molecule has 4 nitrogen and oxygen atoms in total. The van der Waals surface area contributed by atoms with Crippen LogP contribution in [-0.2, 0) is 6.61 Å². The van der Waals surface area contributed by atoms with Crippen molar-refractivity contribution in [3.8, 4) is 22.9 Å². The number of aromatic nitrogens is 2. The molecule has 24 heavy (non-hydrogen) atoms. The van der Waals surface area contributed by atoms with Gasteiger partial charge in [-0.1, -0.05) is 23.8 Å². The monoisotopic (exact) mass is 324 g/mol. The van der Waals surface area contributed by atoms with Crippen molar-refractivity contribution in [2.45, 2.75) is 20.5 Å². The molecule has 5 heteroatoms. The molecule has 0 spiro atoms. The molecule has 0 aliphatic heterocycles. The van der Waals surface area contributed by atoms with Crippen molar-refractivity contribution in [2.24, 2.45) is 0 Å². The van der Waals surface area contributed by atoms with Gasteiger partial charge in [0.2, 0.25) is 5.88 Å². The van der Waals surface area contributed by atoms with Crippen molar-refractivity contribution in [1.29, 1.82) is 0 Å². The lowest BCUT2D eigenvalue weighted by Gasteiger charge is -2.10. The van der Waals surface area contributed by atoms with Crippen LogP contribution in [0.25, 0.3) is 11.3 Å². The first-order valence-corrected chi connectivity index (χ1v) is 7.54. The molecular formula is C19H17FN2O2. The Balaban J connectivity index is 1.81. The third-order valence-corrected chi connectivity index (χ3v) is 3.62. The number of benzene rings is 2. The molecule has 2 aromatic carbocycles. The number of rotatable bonds is 4. The van der Waals surface area contributed by atoms with Crippen molar-refractivity contribution in [3.05, 3.63) is 71.0 Å². The summed E-state index contributed by atoms with van der Waals surface area (Å²) in [4.78, 5) is 0. The number of hydrogen-bond donors (Lipinski definition) is 1. The Hall–Kier alpha value is -2.95. The highest BCUT2D eigenvalue weighted by Crippen LogP contribution is 2.25. The van der Waals surface area contributed by atoms with Crippen molar-refractivity contribution in [1.82, 2.24) is 10.2 Å². The molecule has 3 aromatic rings. The van der Waals surface area contributed by atoms with E-state index in [1.807, 2.05) is 19.9 Å². The van der Waals surface area contributed by atoms with Crippen LogP contribution >= 0.6 is 0 Å². The Morgan fingerprint density at radius 2 is 1.88 bits per heavy atom. The Morgan fingerprint density at radius 1 is 1.04 bits per heavy atom. The van der Waals surface area contributed by atoms with Crippen LogP contribution in [0.5, 0.6) is 11.6 Å². The molecule has 0 saturated heterocycles. The molecule has 0 amide bonds. The van der Waals surface area contributed by atoms with Crippen molar-refractivity contribution < 1.29 is 14.2 Å². The largest absolute Gasteiger partial charge is 0.508 e. The fraction of sp³-hybridized carbons (Fsp3) is 0.158. The summed E-state index contributed by atoms with van der Waals surface area (Å²) in [7, 11) is 0. The third kappa shape index (κ3) is 3.51. The minimum absolute atomic E-state index is 0.184. The van der Waals surface area contributed by atoms with E-state index in [0.717, 1.165) is 16.7 Å². The lowest BCUT2D eigenvalue weighted by atomic mass is 10.1. The Bertz CT molecular complexity index is 881. The van der Waals surface area contributed by atoms with Gasteiger partial charge in [-0.15, -0.1) is 10.2 Å². The highest BCUT2D eigenvalue weighted by atomic mass is 19.1. The topological polar surface area (TPSA) is 55.2 Å². The summed E-state index contributed by atoms with van der Waals surface area (Å²) in [6, 6.07) is 13.4. The van der Waals surface area contributed by atoms with Crippen LogP contribution in [0.4, 0.5) is 4.39 Å². The fourth-order valence-corrected chi connectivity index (χ4v) is 2.38. The minimum Gasteiger partial charge on any atom is -0.508 e. The average Bonchev–Trinajstić information content (AvgIpc) is 2.56. The van der Waals surface area contributed by atoms with Gasteiger partial charge in [0.1, 0.15) is 18.2 Å². The van der Waals surface area contributed by atoms with Gasteiger partial charge in [0.05, 0.1) is 5.69 Å². The summed E-state index contributed by atoms with van der Waals surface area (Å²) in [5.74, 6) is 0.238. The lowest BCUT2D eigenvalue weighted by molar-refractivity contribution is 0.287. The molecule has 0 fully saturated rings. The first-order chi connectivity index (χ1) is 11.5. The highest BCUT2D eigenvalue weighted by molar-refractivity contribution is 5.61. The minimum atomic E-state index is -0.331. The predicted octanol–water partition coefficient (Wildman–Crippen LogP) is 4.18. The summed E-state index contributed by atoms with van der Waals surface area (Å²) < 4.78 is 19.6. The van der Waals surface area contributed by atoms with E-state index in [9.17, 15) is 9.50 Å². The molecule has 0 unspecified atom stereocenters. The van der Waals surface area contributed by atoms with Crippen molar-refractivity contribution >= 4 is 0 Å². The Labute approximate surface area is 139 Å². The van der Waals surface area contributed by atoms with E-state index in [4.69, 9.17) is 4.74 Å². The van der Waals surface area contributed by atoms with Crippen LogP contribution in [0, 0.1) is 19.7 Å². The molecule has 1 heterocycles. The first-order valence-electron chi connectivity index (χ1n) is 7.54. The standard InChI is InChI=1S/C19H17FN2O2/c1-12-6-7-17(20)16(8-12)18-9-13(2)19(22-21-18)24-11-14-4-3-5-15(23)10-14/h3-10,23H,11H2,1-2H3. The Kier molecular flexibility index (Phi) is 4.42.